The summed E-state index contributed by atoms with van der Waals surface area (Å²) in [4.78, 5) is 0. The Kier molecular flexibility index (Phi) is 5.15. The lowest BCUT2D eigenvalue weighted by molar-refractivity contribution is -0.189. The van der Waals surface area contributed by atoms with E-state index in [0.29, 0.717) is 18.8 Å². The van der Waals surface area contributed by atoms with Crippen LogP contribution >= 0.6 is 0 Å². The Balaban J connectivity index is 1.91. The highest BCUT2D eigenvalue weighted by atomic mass is 19.4. The largest absolute Gasteiger partial charge is 0.393 e. The zero-order valence-electron chi connectivity index (χ0n) is 11.8. The summed E-state index contributed by atoms with van der Waals surface area (Å²) in [5, 5.41) is 3.33. The maximum absolute atomic E-state index is 13.0. The van der Waals surface area contributed by atoms with Crippen molar-refractivity contribution >= 4 is 0 Å². The second-order valence-corrected chi connectivity index (χ2v) is 6.39. The van der Waals surface area contributed by atoms with E-state index < -0.39 is 12.1 Å². The van der Waals surface area contributed by atoms with E-state index >= 15 is 0 Å². The zero-order valence-corrected chi connectivity index (χ0v) is 11.8. The van der Waals surface area contributed by atoms with Crippen molar-refractivity contribution in [3.8, 4) is 0 Å². The molecule has 0 saturated heterocycles. The van der Waals surface area contributed by atoms with Crippen LogP contribution in [0.4, 0.5) is 13.2 Å². The third kappa shape index (κ3) is 4.11. The average Bonchev–Trinajstić information content (AvgIpc) is 2.39. The van der Waals surface area contributed by atoms with E-state index in [1.54, 1.807) is 0 Å². The number of alkyl halides is 3. The summed E-state index contributed by atoms with van der Waals surface area (Å²) in [7, 11) is 0. The number of halogens is 3. The van der Waals surface area contributed by atoms with Crippen molar-refractivity contribution in [3.63, 3.8) is 0 Å². The second kappa shape index (κ2) is 6.47. The molecule has 2 aliphatic carbocycles. The number of hydrogen-bond donors (Lipinski definition) is 1. The molecule has 0 aliphatic heterocycles. The lowest BCUT2D eigenvalue weighted by Gasteiger charge is -2.38. The summed E-state index contributed by atoms with van der Waals surface area (Å²) in [5.74, 6) is -0.558. The topological polar surface area (TPSA) is 12.0 Å². The summed E-state index contributed by atoms with van der Waals surface area (Å²) in [6.45, 7) is 2.08. The first-order chi connectivity index (χ1) is 8.98. The molecule has 1 N–H and O–H groups in total. The lowest BCUT2D eigenvalue weighted by atomic mass is 9.80. The van der Waals surface area contributed by atoms with E-state index in [0.717, 1.165) is 12.8 Å². The third-order valence-electron chi connectivity index (χ3n) is 5.02. The first kappa shape index (κ1) is 15.1. The monoisotopic (exact) mass is 277 g/mol. The van der Waals surface area contributed by atoms with Crippen LogP contribution in [0.15, 0.2) is 0 Å². The highest BCUT2D eigenvalue weighted by Crippen LogP contribution is 2.38. The van der Waals surface area contributed by atoms with Gasteiger partial charge in [-0.15, -0.1) is 0 Å². The molecule has 2 fully saturated rings. The number of rotatable bonds is 3. The minimum atomic E-state index is -4.04. The molecule has 0 spiro atoms. The highest BCUT2D eigenvalue weighted by molar-refractivity contribution is 4.88. The summed E-state index contributed by atoms with van der Waals surface area (Å²) in [6, 6.07) is -0.126. The molecule has 0 aromatic heterocycles. The van der Waals surface area contributed by atoms with E-state index in [1.165, 1.54) is 32.1 Å². The first-order valence-electron chi connectivity index (χ1n) is 7.81. The van der Waals surface area contributed by atoms with Gasteiger partial charge in [0.15, 0.2) is 0 Å². The normalized spacial score (nSPS) is 32.2. The molecule has 3 atom stereocenters. The van der Waals surface area contributed by atoms with E-state index in [4.69, 9.17) is 0 Å². The predicted octanol–water partition coefficient (Wildman–Crippen LogP) is 4.67. The van der Waals surface area contributed by atoms with Gasteiger partial charge in [-0.3, -0.25) is 0 Å². The molecule has 2 unspecified atom stereocenters. The van der Waals surface area contributed by atoms with Gasteiger partial charge in [0.2, 0.25) is 0 Å². The Morgan fingerprint density at radius 1 is 0.895 bits per heavy atom. The van der Waals surface area contributed by atoms with Crippen LogP contribution in [0.1, 0.15) is 64.7 Å². The average molecular weight is 277 g/mol. The highest BCUT2D eigenvalue weighted by Gasteiger charge is 2.45. The van der Waals surface area contributed by atoms with Crippen LogP contribution in [0.5, 0.6) is 0 Å². The Bertz CT molecular complexity index is 271. The van der Waals surface area contributed by atoms with E-state index in [9.17, 15) is 13.2 Å². The Morgan fingerprint density at radius 2 is 1.47 bits per heavy atom. The second-order valence-electron chi connectivity index (χ2n) is 6.39. The van der Waals surface area contributed by atoms with Crippen LogP contribution in [0.3, 0.4) is 0 Å². The molecule has 0 amide bonds. The molecule has 1 nitrogen and oxygen atoms in total. The van der Waals surface area contributed by atoms with Crippen molar-refractivity contribution in [1.29, 1.82) is 0 Å². The van der Waals surface area contributed by atoms with Gasteiger partial charge in [0.1, 0.15) is 0 Å². The summed E-state index contributed by atoms with van der Waals surface area (Å²) >= 11 is 0. The van der Waals surface area contributed by atoms with Crippen LogP contribution in [0.25, 0.3) is 0 Å². The lowest BCUT2D eigenvalue weighted by Crippen LogP contribution is -2.50. The maximum atomic E-state index is 13.0. The van der Waals surface area contributed by atoms with Gasteiger partial charge in [-0.2, -0.15) is 13.2 Å². The summed E-state index contributed by atoms with van der Waals surface area (Å²) in [6.07, 6.45) is 4.73. The van der Waals surface area contributed by atoms with Crippen molar-refractivity contribution < 1.29 is 13.2 Å². The van der Waals surface area contributed by atoms with E-state index in [1.807, 2.05) is 0 Å². The molecular weight excluding hydrogens is 251 g/mol. The third-order valence-corrected chi connectivity index (χ3v) is 5.02. The number of hydrogen-bond acceptors (Lipinski definition) is 1. The van der Waals surface area contributed by atoms with Crippen molar-refractivity contribution in [2.45, 2.75) is 83.0 Å². The zero-order chi connectivity index (χ0) is 13.9. The molecule has 2 aliphatic rings. The molecule has 0 aromatic carbocycles. The Labute approximate surface area is 114 Å². The molecule has 2 saturated carbocycles. The fraction of sp³-hybridized carbons (Fsp3) is 1.00. The molecule has 0 aromatic rings. The van der Waals surface area contributed by atoms with Crippen LogP contribution in [-0.2, 0) is 0 Å². The van der Waals surface area contributed by atoms with Crippen LogP contribution in [0, 0.1) is 11.8 Å². The van der Waals surface area contributed by atoms with Crippen molar-refractivity contribution in [3.05, 3.63) is 0 Å². The molecule has 0 bridgehead atoms. The molecule has 4 heteroatoms. The van der Waals surface area contributed by atoms with Gasteiger partial charge in [-0.25, -0.2) is 0 Å². The van der Waals surface area contributed by atoms with Gasteiger partial charge >= 0.3 is 6.18 Å². The van der Waals surface area contributed by atoms with E-state index in [-0.39, 0.29) is 12.1 Å². The molecule has 19 heavy (non-hydrogen) atoms. The van der Waals surface area contributed by atoms with Gasteiger partial charge in [-0.1, -0.05) is 32.1 Å². The SMILES string of the molecule is C[C@H](NC1CCCCC1C(F)(F)F)C1CCCCC1. The summed E-state index contributed by atoms with van der Waals surface area (Å²) in [5.41, 5.74) is 0. The molecule has 0 heterocycles. The molecule has 0 radical (unpaired) electrons. The Hall–Kier alpha value is -0.250. The standard InChI is InChI=1S/C15H26F3N/c1-11(12-7-3-2-4-8-12)19-14-10-6-5-9-13(14)15(16,17)18/h11-14,19H,2-10H2,1H3/t11-,13?,14?/m0/s1. The van der Waals surface area contributed by atoms with Crippen LogP contribution in [-0.4, -0.2) is 18.3 Å². The fourth-order valence-electron chi connectivity index (χ4n) is 3.83. The van der Waals surface area contributed by atoms with Gasteiger partial charge < -0.3 is 5.32 Å². The van der Waals surface area contributed by atoms with Gasteiger partial charge in [0.05, 0.1) is 5.92 Å². The Morgan fingerprint density at radius 3 is 2.11 bits per heavy atom. The van der Waals surface area contributed by atoms with Crippen molar-refractivity contribution in [2.75, 3.05) is 0 Å². The minimum absolute atomic E-state index is 0.230. The van der Waals surface area contributed by atoms with Crippen LogP contribution < -0.4 is 5.32 Å². The van der Waals surface area contributed by atoms with Crippen molar-refractivity contribution in [1.82, 2.24) is 5.32 Å². The molecule has 112 valence electrons. The van der Waals surface area contributed by atoms with Gasteiger partial charge in [-0.05, 0) is 38.5 Å². The predicted molar refractivity (Wildman–Crippen MR) is 71.0 cm³/mol. The quantitative estimate of drug-likeness (QED) is 0.790. The first-order valence-corrected chi connectivity index (χ1v) is 7.81. The molecular formula is C15H26F3N. The minimum Gasteiger partial charge on any atom is -0.311 e. The van der Waals surface area contributed by atoms with Gasteiger partial charge in [0, 0.05) is 12.1 Å². The van der Waals surface area contributed by atoms with E-state index in [2.05, 4.69) is 12.2 Å². The van der Waals surface area contributed by atoms with Crippen LogP contribution in [0.2, 0.25) is 0 Å². The number of nitrogens with one attached hydrogen (secondary N) is 1. The smallest absolute Gasteiger partial charge is 0.311 e. The summed E-state index contributed by atoms with van der Waals surface area (Å²) < 4.78 is 39.1. The van der Waals surface area contributed by atoms with Gasteiger partial charge in [0.25, 0.3) is 0 Å². The fourth-order valence-corrected chi connectivity index (χ4v) is 3.83. The van der Waals surface area contributed by atoms with Crippen molar-refractivity contribution in [2.24, 2.45) is 11.8 Å². The maximum Gasteiger partial charge on any atom is 0.393 e. The molecule has 2 rings (SSSR count).